The summed E-state index contributed by atoms with van der Waals surface area (Å²) < 4.78 is 1.13. The Labute approximate surface area is 446 Å². The average Bonchev–Trinajstić information content (AvgIpc) is 3.30. The molecule has 7 aromatic carbocycles. The molecule has 0 fully saturated rings. The minimum Gasteiger partial charge on any atom is -0.173 e. The van der Waals surface area contributed by atoms with Crippen LogP contribution in [0.5, 0.6) is 0 Å². The molecule has 0 N–H and O–H groups in total. The summed E-state index contributed by atoms with van der Waals surface area (Å²) in [6.45, 7) is 26.6. The van der Waals surface area contributed by atoms with Crippen LogP contribution in [0.3, 0.4) is 0 Å². The van der Waals surface area contributed by atoms with Crippen LogP contribution in [0.2, 0.25) is 0 Å². The van der Waals surface area contributed by atoms with Crippen molar-refractivity contribution in [3.05, 3.63) is 205 Å². The molecular weight excluding hydrogens is 994 g/mol. The molecule has 0 aliphatic rings. The molecule has 68 heavy (non-hydrogen) atoms. The Morgan fingerprint density at radius 2 is 0.750 bits per heavy atom. The molecular formula is C57H68B3BrClLiP5+3. The largest absolute Gasteiger partial charge is 1.00 e. The van der Waals surface area contributed by atoms with Crippen molar-refractivity contribution >= 4 is 129 Å². The maximum Gasteiger partial charge on any atom is 1.00 e. The quantitative estimate of drug-likeness (QED) is 0.0808. The Morgan fingerprint density at radius 3 is 1.12 bits per heavy atom. The number of rotatable bonds is 8. The van der Waals surface area contributed by atoms with Gasteiger partial charge in [-0.2, -0.15) is 18.2 Å². The SMILES string of the molecule is ClP(c1ccccc1)c1ccccc1.[B][P+](C)(c1[c-]cccc1)C(C)(C)C.[B][P+](C)(c1ccccc1Br)C(C)(C)C.[B][P+](C)(c1ccccc1P(c1ccccc1)c1ccccc1)C(C)(C)C.[Li+]. The average molecular weight is 1060 g/mol. The Kier molecular flexibility index (Phi) is 23.9. The molecule has 0 aliphatic carbocycles. The standard InChI is InChI=1S/C23H26BP2.C12H10ClP.C11H16BBrP.C11H16BP.Li/c1-23(2,3)26(4,24)22-18-12-11-17-21(22)25(19-13-7-5-8-14-19)20-15-9-6-10-16-20;13-14(11-7-3-1-4-8-11)12-9-5-2-6-10-12;1-11(2,3)14(4,12)10-8-6-5-7-9(10)13;1-11(2,3)13(4,12)10-8-6-5-7-9-10;/h5-18H,1-4H3;1-10H;5-8H,1-4H3;5-8H,1-4H3;/q+1;;+1;;+1. The topological polar surface area (TPSA) is 0 Å². The first-order chi connectivity index (χ1) is 31.3. The number of hydrogen-bond acceptors (Lipinski definition) is 0. The predicted octanol–water partition coefficient (Wildman–Crippen LogP) is 11.1. The summed E-state index contributed by atoms with van der Waals surface area (Å²) in [6, 6.07) is 70.5. The molecule has 3 atom stereocenters. The van der Waals surface area contributed by atoms with Crippen molar-refractivity contribution in [3.8, 4) is 0 Å². The zero-order valence-electron chi connectivity index (χ0n) is 42.7. The fourth-order valence-corrected chi connectivity index (χ4v) is 17.7. The van der Waals surface area contributed by atoms with E-state index in [0.717, 1.165) is 4.47 Å². The van der Waals surface area contributed by atoms with Gasteiger partial charge in [-0.05, 0) is 158 Å². The third-order valence-corrected chi connectivity index (χ3v) is 31.1. The summed E-state index contributed by atoms with van der Waals surface area (Å²) in [6.07, 6.45) is 0. The molecule has 3 unspecified atom stereocenters. The van der Waals surface area contributed by atoms with Gasteiger partial charge in [0, 0.05) is 25.3 Å². The number of halogens is 2. The Bertz CT molecular complexity index is 2450. The maximum absolute atomic E-state index is 7.03. The van der Waals surface area contributed by atoms with Crippen molar-refractivity contribution in [2.45, 2.75) is 77.8 Å². The van der Waals surface area contributed by atoms with Gasteiger partial charge in [-0.15, -0.1) is 12.1 Å². The van der Waals surface area contributed by atoms with Crippen LogP contribution in [0, 0.1) is 6.07 Å². The van der Waals surface area contributed by atoms with Crippen LogP contribution in [-0.2, 0) is 0 Å². The second kappa shape index (κ2) is 26.8. The molecule has 0 spiro atoms. The van der Waals surface area contributed by atoms with E-state index in [-0.39, 0.29) is 34.3 Å². The zero-order valence-corrected chi connectivity index (χ0v) is 49.5. The summed E-state index contributed by atoms with van der Waals surface area (Å²) in [5.41, 5.74) is 0. The number of hydrogen-bond donors (Lipinski definition) is 0. The zero-order chi connectivity index (χ0) is 49.7. The number of benzene rings is 7. The molecule has 7 rings (SSSR count). The molecule has 0 aromatic heterocycles. The third-order valence-electron chi connectivity index (χ3n) is 12.3. The van der Waals surface area contributed by atoms with E-state index in [1.165, 1.54) is 42.4 Å². The van der Waals surface area contributed by atoms with Crippen molar-refractivity contribution in [2.75, 3.05) is 20.0 Å². The summed E-state index contributed by atoms with van der Waals surface area (Å²) in [7, 11) is 13.7. The van der Waals surface area contributed by atoms with Gasteiger partial charge in [-0.3, -0.25) is 0 Å². The smallest absolute Gasteiger partial charge is 0.173 e. The molecule has 7 aromatic rings. The molecule has 6 radical (unpaired) electrons. The van der Waals surface area contributed by atoms with Crippen molar-refractivity contribution in [2.24, 2.45) is 0 Å². The van der Waals surface area contributed by atoms with E-state index in [1.807, 2.05) is 60.7 Å². The van der Waals surface area contributed by atoms with Crippen LogP contribution < -0.4 is 61.3 Å². The van der Waals surface area contributed by atoms with Crippen LogP contribution in [0.15, 0.2) is 199 Å². The van der Waals surface area contributed by atoms with E-state index in [1.54, 1.807) is 0 Å². The molecule has 0 heterocycles. The van der Waals surface area contributed by atoms with E-state index in [0.29, 0.717) is 0 Å². The van der Waals surface area contributed by atoms with Gasteiger partial charge in [-0.25, -0.2) is 0 Å². The van der Waals surface area contributed by atoms with Crippen molar-refractivity contribution in [1.29, 1.82) is 0 Å². The molecule has 0 aliphatic heterocycles. The minimum atomic E-state index is -1.79. The summed E-state index contributed by atoms with van der Waals surface area (Å²) in [5, 5.41) is 10.7. The van der Waals surface area contributed by atoms with Crippen molar-refractivity contribution in [1.82, 2.24) is 0 Å². The summed E-state index contributed by atoms with van der Waals surface area (Å²) in [5.74, 6) is 0. The first-order valence-corrected chi connectivity index (χ1v) is 33.9. The van der Waals surface area contributed by atoms with E-state index in [4.69, 9.17) is 33.9 Å². The predicted molar refractivity (Wildman–Crippen MR) is 323 cm³/mol. The van der Waals surface area contributed by atoms with Gasteiger partial charge in [0.1, 0.15) is 0 Å². The van der Waals surface area contributed by atoms with E-state index in [2.05, 4.69) is 238 Å². The summed E-state index contributed by atoms with van der Waals surface area (Å²) in [4.78, 5) is 0. The maximum atomic E-state index is 7.03. The van der Waals surface area contributed by atoms with Crippen molar-refractivity contribution in [3.63, 3.8) is 0 Å². The van der Waals surface area contributed by atoms with Gasteiger partial charge in [0.05, 0.1) is 37.8 Å². The fourth-order valence-electron chi connectivity index (χ4n) is 6.48. The van der Waals surface area contributed by atoms with Crippen LogP contribution >= 0.6 is 63.8 Å². The molecule has 0 bridgehead atoms. The summed E-state index contributed by atoms with van der Waals surface area (Å²) >= 11 is 9.97. The van der Waals surface area contributed by atoms with Gasteiger partial charge in [-0.1, -0.05) is 157 Å². The monoisotopic (exact) mass is 1060 g/mol. The Balaban J connectivity index is 0.000000252. The van der Waals surface area contributed by atoms with Gasteiger partial charge in [0.25, 0.3) is 0 Å². The molecule has 0 amide bonds. The first-order valence-electron chi connectivity index (χ1n) is 22.6. The Hall–Kier alpha value is -1.75. The van der Waals surface area contributed by atoms with Gasteiger partial charge >= 0.3 is 41.6 Å². The van der Waals surface area contributed by atoms with Crippen LogP contribution in [0.25, 0.3) is 0 Å². The van der Waals surface area contributed by atoms with Crippen LogP contribution in [0.4, 0.5) is 0 Å². The fraction of sp³-hybridized carbons (Fsp3) is 0.263. The molecule has 0 saturated carbocycles. The normalized spacial score (nSPS) is 14.1. The molecule has 11 heteroatoms. The molecule has 342 valence electrons. The third kappa shape index (κ3) is 16.4. The molecule has 0 nitrogen and oxygen atoms in total. The van der Waals surface area contributed by atoms with Gasteiger partial charge in [0.15, 0.2) is 0 Å². The second-order valence-corrected chi connectivity index (χ2v) is 37.5. The van der Waals surface area contributed by atoms with Crippen LogP contribution in [-0.4, -0.2) is 58.2 Å². The van der Waals surface area contributed by atoms with Crippen molar-refractivity contribution < 1.29 is 18.9 Å². The second-order valence-electron chi connectivity index (χ2n) is 19.9. The first kappa shape index (κ1) is 60.6. The van der Waals surface area contributed by atoms with E-state index in [9.17, 15) is 0 Å². The minimum absolute atomic E-state index is 0. The molecule has 0 saturated heterocycles. The van der Waals surface area contributed by atoms with Gasteiger partial charge < -0.3 is 0 Å². The van der Waals surface area contributed by atoms with Crippen LogP contribution in [0.1, 0.15) is 62.3 Å². The Morgan fingerprint density at radius 1 is 0.426 bits per heavy atom. The van der Waals surface area contributed by atoms with E-state index >= 15 is 0 Å². The van der Waals surface area contributed by atoms with E-state index < -0.39 is 36.6 Å². The van der Waals surface area contributed by atoms with Gasteiger partial charge in [0.2, 0.25) is 0 Å².